The maximum atomic E-state index is 5.89. The Bertz CT molecular complexity index is 400. The van der Waals surface area contributed by atoms with Gasteiger partial charge in [0.25, 0.3) is 0 Å². The molecule has 18 heavy (non-hydrogen) atoms. The standard InChI is InChI=1S/C16H23NO/c1-2-17-11-13-6-9-16(13)12-4-3-5-15(10-12)18-14-7-8-14/h3-5,10,13-14,16-17H,2,6-9,11H2,1H3. The van der Waals surface area contributed by atoms with Crippen molar-refractivity contribution in [3.05, 3.63) is 29.8 Å². The molecule has 0 bridgehead atoms. The van der Waals surface area contributed by atoms with E-state index < -0.39 is 0 Å². The van der Waals surface area contributed by atoms with E-state index in [0.717, 1.165) is 30.7 Å². The van der Waals surface area contributed by atoms with Crippen LogP contribution in [0.3, 0.4) is 0 Å². The van der Waals surface area contributed by atoms with Gasteiger partial charge in [-0.15, -0.1) is 0 Å². The molecule has 1 N–H and O–H groups in total. The normalized spacial score (nSPS) is 26.7. The van der Waals surface area contributed by atoms with Crippen LogP contribution in [-0.2, 0) is 0 Å². The molecule has 2 saturated carbocycles. The minimum atomic E-state index is 0.499. The number of ether oxygens (including phenoxy) is 1. The molecule has 1 aromatic rings. The van der Waals surface area contributed by atoms with Gasteiger partial charge in [-0.1, -0.05) is 19.1 Å². The summed E-state index contributed by atoms with van der Waals surface area (Å²) in [4.78, 5) is 0. The minimum absolute atomic E-state index is 0.499. The lowest BCUT2D eigenvalue weighted by atomic mass is 9.70. The van der Waals surface area contributed by atoms with Crippen molar-refractivity contribution in [2.45, 2.75) is 44.6 Å². The molecule has 2 aliphatic rings. The van der Waals surface area contributed by atoms with Crippen LogP contribution in [0.25, 0.3) is 0 Å². The zero-order valence-corrected chi connectivity index (χ0v) is 11.2. The van der Waals surface area contributed by atoms with Crippen molar-refractivity contribution in [2.75, 3.05) is 13.1 Å². The summed E-state index contributed by atoms with van der Waals surface area (Å²) in [5, 5.41) is 3.48. The molecule has 2 aliphatic carbocycles. The van der Waals surface area contributed by atoms with Gasteiger partial charge in [-0.25, -0.2) is 0 Å². The molecule has 0 heterocycles. The van der Waals surface area contributed by atoms with Crippen LogP contribution in [0, 0.1) is 5.92 Å². The topological polar surface area (TPSA) is 21.3 Å². The highest BCUT2D eigenvalue weighted by Gasteiger charge is 2.32. The maximum Gasteiger partial charge on any atom is 0.120 e. The Morgan fingerprint density at radius 1 is 1.22 bits per heavy atom. The van der Waals surface area contributed by atoms with E-state index in [1.165, 1.54) is 31.2 Å². The van der Waals surface area contributed by atoms with Gasteiger partial charge in [-0.05, 0) is 68.3 Å². The Hall–Kier alpha value is -1.02. The summed E-state index contributed by atoms with van der Waals surface area (Å²) in [5.41, 5.74) is 1.47. The second kappa shape index (κ2) is 5.31. The first-order valence-corrected chi connectivity index (χ1v) is 7.34. The highest BCUT2D eigenvalue weighted by molar-refractivity contribution is 5.33. The first kappa shape index (κ1) is 12.0. The summed E-state index contributed by atoms with van der Waals surface area (Å²) >= 11 is 0. The lowest BCUT2D eigenvalue weighted by molar-refractivity contribution is 0.245. The van der Waals surface area contributed by atoms with E-state index >= 15 is 0 Å². The van der Waals surface area contributed by atoms with E-state index in [1.54, 1.807) is 0 Å². The molecule has 0 spiro atoms. The molecule has 2 unspecified atom stereocenters. The molecule has 2 nitrogen and oxygen atoms in total. The molecule has 0 aromatic heterocycles. The Kier molecular flexibility index (Phi) is 3.55. The van der Waals surface area contributed by atoms with Crippen LogP contribution in [0.4, 0.5) is 0 Å². The lowest BCUT2D eigenvalue weighted by Gasteiger charge is -2.37. The fourth-order valence-corrected chi connectivity index (χ4v) is 2.78. The average Bonchev–Trinajstić information content (AvgIpc) is 3.13. The van der Waals surface area contributed by atoms with Crippen molar-refractivity contribution in [3.63, 3.8) is 0 Å². The zero-order valence-electron chi connectivity index (χ0n) is 11.2. The lowest BCUT2D eigenvalue weighted by Crippen LogP contribution is -2.33. The first-order chi connectivity index (χ1) is 8.86. The molecule has 0 aliphatic heterocycles. The second-order valence-corrected chi connectivity index (χ2v) is 5.64. The van der Waals surface area contributed by atoms with E-state index in [-0.39, 0.29) is 0 Å². The fourth-order valence-electron chi connectivity index (χ4n) is 2.78. The molecule has 1 aromatic carbocycles. The van der Waals surface area contributed by atoms with Gasteiger partial charge in [-0.2, -0.15) is 0 Å². The number of rotatable bonds is 6. The Balaban J connectivity index is 1.63. The van der Waals surface area contributed by atoms with Crippen molar-refractivity contribution < 1.29 is 4.74 Å². The third-order valence-corrected chi connectivity index (χ3v) is 4.19. The Labute approximate surface area is 110 Å². The average molecular weight is 245 g/mol. The third kappa shape index (κ3) is 2.69. The van der Waals surface area contributed by atoms with E-state index in [1.807, 2.05) is 0 Å². The predicted molar refractivity (Wildman–Crippen MR) is 74.1 cm³/mol. The van der Waals surface area contributed by atoms with Crippen molar-refractivity contribution >= 4 is 0 Å². The summed E-state index contributed by atoms with van der Waals surface area (Å²) in [6, 6.07) is 8.78. The van der Waals surface area contributed by atoms with Crippen LogP contribution >= 0.6 is 0 Å². The van der Waals surface area contributed by atoms with E-state index in [2.05, 4.69) is 36.5 Å². The van der Waals surface area contributed by atoms with E-state index in [0.29, 0.717) is 6.10 Å². The monoisotopic (exact) mass is 245 g/mol. The van der Waals surface area contributed by atoms with Gasteiger partial charge in [-0.3, -0.25) is 0 Å². The largest absolute Gasteiger partial charge is 0.490 e. The predicted octanol–water partition coefficient (Wildman–Crippen LogP) is 3.33. The van der Waals surface area contributed by atoms with Crippen LogP contribution in [0.15, 0.2) is 24.3 Å². The van der Waals surface area contributed by atoms with Crippen molar-refractivity contribution in [3.8, 4) is 5.75 Å². The number of hydrogen-bond donors (Lipinski definition) is 1. The molecule has 0 amide bonds. The van der Waals surface area contributed by atoms with Gasteiger partial charge in [0.2, 0.25) is 0 Å². The highest BCUT2D eigenvalue weighted by Crippen LogP contribution is 2.43. The SMILES string of the molecule is CCNCC1CCC1c1cccc(OC2CC2)c1. The van der Waals surface area contributed by atoms with E-state index in [4.69, 9.17) is 4.74 Å². The van der Waals surface area contributed by atoms with Gasteiger partial charge in [0, 0.05) is 0 Å². The number of nitrogens with one attached hydrogen (secondary N) is 1. The summed E-state index contributed by atoms with van der Waals surface area (Å²) in [7, 11) is 0. The summed E-state index contributed by atoms with van der Waals surface area (Å²) in [5.74, 6) is 2.64. The Morgan fingerprint density at radius 2 is 2.11 bits per heavy atom. The highest BCUT2D eigenvalue weighted by atomic mass is 16.5. The summed E-state index contributed by atoms with van der Waals surface area (Å²) in [6.45, 7) is 4.42. The molecule has 0 saturated heterocycles. The molecule has 3 rings (SSSR count). The van der Waals surface area contributed by atoms with E-state index in [9.17, 15) is 0 Å². The van der Waals surface area contributed by atoms with Gasteiger partial charge < -0.3 is 10.1 Å². The van der Waals surface area contributed by atoms with Gasteiger partial charge in [0.15, 0.2) is 0 Å². The molecule has 0 radical (unpaired) electrons. The molecular formula is C16H23NO. The Morgan fingerprint density at radius 3 is 2.78 bits per heavy atom. The van der Waals surface area contributed by atoms with Crippen molar-refractivity contribution in [1.82, 2.24) is 5.32 Å². The minimum Gasteiger partial charge on any atom is -0.490 e. The summed E-state index contributed by atoms with van der Waals surface area (Å²) in [6.07, 6.45) is 5.67. The number of hydrogen-bond acceptors (Lipinski definition) is 2. The van der Waals surface area contributed by atoms with Crippen molar-refractivity contribution in [1.29, 1.82) is 0 Å². The van der Waals surface area contributed by atoms with Gasteiger partial charge in [0.1, 0.15) is 5.75 Å². The first-order valence-electron chi connectivity index (χ1n) is 7.34. The molecule has 2 fully saturated rings. The molecule has 2 atom stereocenters. The van der Waals surface area contributed by atoms with Crippen LogP contribution < -0.4 is 10.1 Å². The number of benzene rings is 1. The maximum absolute atomic E-state index is 5.89. The molecular weight excluding hydrogens is 222 g/mol. The van der Waals surface area contributed by atoms with Crippen LogP contribution in [0.1, 0.15) is 44.1 Å². The van der Waals surface area contributed by atoms with Crippen molar-refractivity contribution in [2.24, 2.45) is 5.92 Å². The third-order valence-electron chi connectivity index (χ3n) is 4.19. The zero-order chi connectivity index (χ0) is 12.4. The van der Waals surface area contributed by atoms with Gasteiger partial charge >= 0.3 is 0 Å². The fraction of sp³-hybridized carbons (Fsp3) is 0.625. The van der Waals surface area contributed by atoms with Crippen LogP contribution in [-0.4, -0.2) is 19.2 Å². The molecule has 98 valence electrons. The van der Waals surface area contributed by atoms with Crippen LogP contribution in [0.2, 0.25) is 0 Å². The molecule has 2 heteroatoms. The van der Waals surface area contributed by atoms with Gasteiger partial charge in [0.05, 0.1) is 6.10 Å². The smallest absolute Gasteiger partial charge is 0.120 e. The van der Waals surface area contributed by atoms with Crippen LogP contribution in [0.5, 0.6) is 5.75 Å². The quantitative estimate of drug-likeness (QED) is 0.830. The second-order valence-electron chi connectivity index (χ2n) is 5.64. The summed E-state index contributed by atoms with van der Waals surface area (Å²) < 4.78 is 5.89.